The van der Waals surface area contributed by atoms with Crippen molar-refractivity contribution in [2.24, 2.45) is 0 Å². The van der Waals surface area contributed by atoms with Crippen LogP contribution in [0.15, 0.2) is 60.7 Å². The van der Waals surface area contributed by atoms with Crippen LogP contribution in [0.25, 0.3) is 6.08 Å². The highest BCUT2D eigenvalue weighted by atomic mass is 35.5. The molecule has 2 N–H and O–H groups in total. The molecule has 148 valence electrons. The Kier molecular flexibility index (Phi) is 6.46. The molecule has 0 aliphatic rings. The van der Waals surface area contributed by atoms with Crippen molar-refractivity contribution in [3.8, 4) is 0 Å². The molecule has 1 heterocycles. The van der Waals surface area contributed by atoms with E-state index in [4.69, 9.17) is 11.6 Å². The molecule has 3 aromatic rings. The van der Waals surface area contributed by atoms with Gasteiger partial charge in [0.2, 0.25) is 5.91 Å². The first kappa shape index (κ1) is 20.4. The zero-order valence-electron chi connectivity index (χ0n) is 16.5. The van der Waals surface area contributed by atoms with Gasteiger partial charge in [0.1, 0.15) is 17.5 Å². The number of carbonyl (C=O) groups excluding carboxylic acids is 1. The van der Waals surface area contributed by atoms with Gasteiger partial charge in [0.05, 0.1) is 0 Å². The minimum atomic E-state index is -0.206. The molecule has 2 aromatic carbocycles. The summed E-state index contributed by atoms with van der Waals surface area (Å²) in [4.78, 5) is 22.8. The van der Waals surface area contributed by atoms with E-state index in [0.717, 1.165) is 17.1 Å². The topological polar surface area (TPSA) is 70.2 Å². The number of carbonyl (C=O) groups is 1. The number of aryl methyl sites for hydroxylation is 1. The Balaban J connectivity index is 1.61. The van der Waals surface area contributed by atoms with Crippen LogP contribution in [0.1, 0.15) is 11.4 Å². The molecule has 0 aliphatic heterocycles. The minimum Gasteiger partial charge on any atom is -0.363 e. The van der Waals surface area contributed by atoms with Gasteiger partial charge in [-0.3, -0.25) is 4.79 Å². The third kappa shape index (κ3) is 6.05. The molecule has 0 fully saturated rings. The molecular weight excluding hydrogens is 386 g/mol. The molecule has 0 bridgehead atoms. The summed E-state index contributed by atoms with van der Waals surface area (Å²) in [6.45, 7) is 1.86. The highest BCUT2D eigenvalue weighted by Gasteiger charge is 2.05. The van der Waals surface area contributed by atoms with Gasteiger partial charge in [0.15, 0.2) is 0 Å². The maximum atomic E-state index is 12.1. The van der Waals surface area contributed by atoms with Crippen LogP contribution in [0.2, 0.25) is 5.02 Å². The number of amides is 1. The Hall–Kier alpha value is -3.38. The van der Waals surface area contributed by atoms with Gasteiger partial charge in [0, 0.05) is 42.6 Å². The number of nitrogens with zero attached hydrogens (tertiary/aromatic N) is 3. The third-order valence-electron chi connectivity index (χ3n) is 4.00. The maximum absolute atomic E-state index is 12.1. The fraction of sp³-hybridized carbons (Fsp3) is 0.136. The standard InChI is InChI=1S/C22H22ClN5O/c1-15-24-20(14-21(25-15)28(2)3)26-18-9-11-19(12-10-18)27-22(29)13-6-16-4-7-17(23)8-5-16/h4-14H,1-3H3,(H,27,29)(H,24,25,26)/b13-6+. The van der Waals surface area contributed by atoms with E-state index < -0.39 is 0 Å². The Labute approximate surface area is 175 Å². The van der Waals surface area contributed by atoms with Gasteiger partial charge < -0.3 is 15.5 Å². The zero-order chi connectivity index (χ0) is 20.8. The number of aromatic nitrogens is 2. The van der Waals surface area contributed by atoms with E-state index in [0.29, 0.717) is 22.4 Å². The van der Waals surface area contributed by atoms with Crippen LogP contribution in [0, 0.1) is 6.92 Å². The number of anilines is 4. The van der Waals surface area contributed by atoms with Crippen molar-refractivity contribution in [3.05, 3.63) is 77.1 Å². The molecule has 3 rings (SSSR count). The first-order valence-electron chi connectivity index (χ1n) is 9.04. The van der Waals surface area contributed by atoms with E-state index in [2.05, 4.69) is 20.6 Å². The lowest BCUT2D eigenvalue weighted by Crippen LogP contribution is -2.12. The highest BCUT2D eigenvalue weighted by molar-refractivity contribution is 6.30. The normalized spacial score (nSPS) is 10.8. The first-order chi connectivity index (χ1) is 13.9. The van der Waals surface area contributed by atoms with E-state index in [1.165, 1.54) is 6.08 Å². The van der Waals surface area contributed by atoms with Gasteiger partial charge in [-0.15, -0.1) is 0 Å². The fourth-order valence-corrected chi connectivity index (χ4v) is 2.69. The number of halogens is 1. The van der Waals surface area contributed by atoms with Crippen molar-refractivity contribution < 1.29 is 4.79 Å². The molecule has 0 spiro atoms. The van der Waals surface area contributed by atoms with Gasteiger partial charge in [-0.2, -0.15) is 0 Å². The van der Waals surface area contributed by atoms with Crippen LogP contribution in [0.3, 0.4) is 0 Å². The van der Waals surface area contributed by atoms with Crippen LogP contribution < -0.4 is 15.5 Å². The Morgan fingerprint density at radius 2 is 1.66 bits per heavy atom. The van der Waals surface area contributed by atoms with E-state index in [9.17, 15) is 4.79 Å². The summed E-state index contributed by atoms with van der Waals surface area (Å²) in [5, 5.41) is 6.75. The number of benzene rings is 2. The van der Waals surface area contributed by atoms with Gasteiger partial charge in [0.25, 0.3) is 0 Å². The summed E-state index contributed by atoms with van der Waals surface area (Å²) < 4.78 is 0. The van der Waals surface area contributed by atoms with Crippen molar-refractivity contribution in [1.82, 2.24) is 9.97 Å². The van der Waals surface area contributed by atoms with Crippen molar-refractivity contribution in [3.63, 3.8) is 0 Å². The molecule has 6 nitrogen and oxygen atoms in total. The van der Waals surface area contributed by atoms with Crippen molar-refractivity contribution in [2.45, 2.75) is 6.92 Å². The van der Waals surface area contributed by atoms with Crippen LogP contribution in [0.4, 0.5) is 23.0 Å². The van der Waals surface area contributed by atoms with E-state index in [1.54, 1.807) is 18.2 Å². The summed E-state index contributed by atoms with van der Waals surface area (Å²) in [5.74, 6) is 2.03. The van der Waals surface area contributed by atoms with Crippen molar-refractivity contribution in [2.75, 3.05) is 29.6 Å². The molecular formula is C22H22ClN5O. The smallest absolute Gasteiger partial charge is 0.248 e. The number of rotatable bonds is 6. The minimum absolute atomic E-state index is 0.206. The lowest BCUT2D eigenvalue weighted by molar-refractivity contribution is -0.111. The predicted octanol–water partition coefficient (Wildman–Crippen LogP) is 4.90. The first-order valence-corrected chi connectivity index (χ1v) is 9.41. The number of hydrogen-bond donors (Lipinski definition) is 2. The molecule has 0 saturated carbocycles. The second-order valence-corrected chi connectivity index (χ2v) is 7.07. The Bertz CT molecular complexity index is 1010. The predicted molar refractivity (Wildman–Crippen MR) is 120 cm³/mol. The van der Waals surface area contributed by atoms with Gasteiger partial charge in [-0.25, -0.2) is 9.97 Å². The number of nitrogens with one attached hydrogen (secondary N) is 2. The second-order valence-electron chi connectivity index (χ2n) is 6.63. The Morgan fingerprint density at radius 3 is 2.31 bits per heavy atom. The monoisotopic (exact) mass is 407 g/mol. The van der Waals surface area contributed by atoms with Crippen LogP contribution in [0.5, 0.6) is 0 Å². The average molecular weight is 408 g/mol. The molecule has 7 heteroatoms. The van der Waals surface area contributed by atoms with E-state index in [-0.39, 0.29) is 5.91 Å². The second kappa shape index (κ2) is 9.21. The van der Waals surface area contributed by atoms with Gasteiger partial charge in [-0.05, 0) is 55.0 Å². The van der Waals surface area contributed by atoms with Gasteiger partial charge >= 0.3 is 0 Å². The molecule has 0 atom stereocenters. The summed E-state index contributed by atoms with van der Waals surface area (Å²) in [5.41, 5.74) is 2.47. The summed E-state index contributed by atoms with van der Waals surface area (Å²) >= 11 is 5.86. The highest BCUT2D eigenvalue weighted by Crippen LogP contribution is 2.20. The molecule has 0 aliphatic carbocycles. The van der Waals surface area contributed by atoms with Gasteiger partial charge in [-0.1, -0.05) is 23.7 Å². The quantitative estimate of drug-likeness (QED) is 0.569. The largest absolute Gasteiger partial charge is 0.363 e. The lowest BCUT2D eigenvalue weighted by atomic mass is 10.2. The van der Waals surface area contributed by atoms with Crippen molar-refractivity contribution >= 4 is 46.6 Å². The SMILES string of the molecule is Cc1nc(Nc2ccc(NC(=O)/C=C/c3ccc(Cl)cc3)cc2)cc(N(C)C)n1. The lowest BCUT2D eigenvalue weighted by Gasteiger charge is -2.14. The molecule has 1 amide bonds. The summed E-state index contributed by atoms with van der Waals surface area (Å²) in [6, 6.07) is 16.6. The molecule has 0 unspecified atom stereocenters. The van der Waals surface area contributed by atoms with Crippen LogP contribution in [-0.4, -0.2) is 30.0 Å². The molecule has 0 saturated heterocycles. The van der Waals surface area contributed by atoms with Crippen LogP contribution >= 0.6 is 11.6 Å². The Morgan fingerprint density at radius 1 is 1.00 bits per heavy atom. The van der Waals surface area contributed by atoms with E-state index in [1.807, 2.05) is 68.4 Å². The third-order valence-corrected chi connectivity index (χ3v) is 4.26. The molecule has 29 heavy (non-hydrogen) atoms. The average Bonchev–Trinajstić information content (AvgIpc) is 2.68. The fourth-order valence-electron chi connectivity index (χ4n) is 2.56. The van der Waals surface area contributed by atoms with Crippen molar-refractivity contribution in [1.29, 1.82) is 0 Å². The van der Waals surface area contributed by atoms with E-state index >= 15 is 0 Å². The summed E-state index contributed by atoms with van der Waals surface area (Å²) in [6.07, 6.45) is 3.23. The maximum Gasteiger partial charge on any atom is 0.248 e. The molecule has 0 radical (unpaired) electrons. The van der Waals surface area contributed by atoms with Crippen LogP contribution in [-0.2, 0) is 4.79 Å². The molecule has 1 aromatic heterocycles. The summed E-state index contributed by atoms with van der Waals surface area (Å²) in [7, 11) is 3.87. The zero-order valence-corrected chi connectivity index (χ0v) is 17.2. The number of hydrogen-bond acceptors (Lipinski definition) is 5.